The van der Waals surface area contributed by atoms with Crippen molar-refractivity contribution in [3.05, 3.63) is 29.8 Å². The molecule has 1 atom stereocenters. The first-order valence-electron chi connectivity index (χ1n) is 9.60. The van der Waals surface area contributed by atoms with Crippen LogP contribution in [-0.2, 0) is 20.0 Å². The fourth-order valence-electron chi connectivity index (χ4n) is 3.69. The van der Waals surface area contributed by atoms with Crippen molar-refractivity contribution in [1.82, 2.24) is 9.80 Å². The molecular weight excluding hydrogens is 380 g/mol. The van der Waals surface area contributed by atoms with Crippen LogP contribution in [-0.4, -0.2) is 73.6 Å². The Bertz CT molecular complexity index is 761. The van der Waals surface area contributed by atoms with Crippen LogP contribution in [0.25, 0.3) is 0 Å². The van der Waals surface area contributed by atoms with Gasteiger partial charge in [-0.2, -0.15) is 0 Å². The second kappa shape index (κ2) is 8.13. The molecule has 2 aliphatic rings. The van der Waals surface area contributed by atoms with Crippen molar-refractivity contribution in [2.75, 3.05) is 43.4 Å². The molecule has 5 nitrogen and oxygen atoms in total. The molecule has 0 aromatic heterocycles. The van der Waals surface area contributed by atoms with Crippen molar-refractivity contribution in [3.8, 4) is 0 Å². The van der Waals surface area contributed by atoms with E-state index < -0.39 is 9.84 Å². The van der Waals surface area contributed by atoms with E-state index in [2.05, 4.69) is 49.9 Å². The minimum Gasteiger partial charge on any atom is -0.339 e. The van der Waals surface area contributed by atoms with Gasteiger partial charge >= 0.3 is 0 Å². The van der Waals surface area contributed by atoms with Crippen molar-refractivity contribution in [1.29, 1.82) is 0 Å². The lowest BCUT2D eigenvalue weighted by atomic mass is 9.87. The van der Waals surface area contributed by atoms with Crippen LogP contribution in [0, 0.1) is 0 Å². The van der Waals surface area contributed by atoms with Crippen LogP contribution in [0.15, 0.2) is 29.2 Å². The van der Waals surface area contributed by atoms with Crippen molar-refractivity contribution >= 4 is 27.5 Å². The SMILES string of the molecule is CC(C)(C)c1ccc(SCC(=O)N2CCN([C@@H]3CCS(=O)(=O)C3)CC2)cc1. The molecular formula is C20H30N2O3S2. The number of hydrogen-bond donors (Lipinski definition) is 0. The first-order chi connectivity index (χ1) is 12.6. The van der Waals surface area contributed by atoms with Gasteiger partial charge in [-0.15, -0.1) is 11.8 Å². The average Bonchev–Trinajstić information content (AvgIpc) is 2.99. The fourth-order valence-corrected chi connectivity index (χ4v) is 6.25. The predicted octanol–water partition coefficient (Wildman–Crippen LogP) is 2.41. The van der Waals surface area contributed by atoms with E-state index in [4.69, 9.17) is 0 Å². The third-order valence-electron chi connectivity index (χ3n) is 5.47. The van der Waals surface area contributed by atoms with E-state index in [0.29, 0.717) is 24.6 Å². The normalized spacial score (nSPS) is 23.5. The number of sulfone groups is 1. The summed E-state index contributed by atoms with van der Waals surface area (Å²) in [4.78, 5) is 17.8. The van der Waals surface area contributed by atoms with Gasteiger partial charge in [-0.25, -0.2) is 8.42 Å². The van der Waals surface area contributed by atoms with E-state index in [-0.39, 0.29) is 23.1 Å². The van der Waals surface area contributed by atoms with Crippen LogP contribution in [0.5, 0.6) is 0 Å². The Hall–Kier alpha value is -1.05. The topological polar surface area (TPSA) is 57.7 Å². The Balaban J connectivity index is 1.44. The third kappa shape index (κ3) is 5.48. The summed E-state index contributed by atoms with van der Waals surface area (Å²) in [7, 11) is -2.85. The highest BCUT2D eigenvalue weighted by atomic mass is 32.2. The predicted molar refractivity (Wildman–Crippen MR) is 111 cm³/mol. The summed E-state index contributed by atoms with van der Waals surface area (Å²) in [5.41, 5.74) is 1.43. The number of amides is 1. The van der Waals surface area contributed by atoms with Gasteiger partial charge in [0.25, 0.3) is 0 Å². The van der Waals surface area contributed by atoms with Gasteiger partial charge in [-0.1, -0.05) is 32.9 Å². The van der Waals surface area contributed by atoms with Crippen LogP contribution in [0.3, 0.4) is 0 Å². The summed E-state index contributed by atoms with van der Waals surface area (Å²) < 4.78 is 23.3. The molecule has 0 unspecified atom stereocenters. The van der Waals surface area contributed by atoms with Gasteiger partial charge in [0.15, 0.2) is 9.84 Å². The number of rotatable bonds is 4. The summed E-state index contributed by atoms with van der Waals surface area (Å²) in [5.74, 6) is 1.20. The van der Waals surface area contributed by atoms with Crippen LogP contribution < -0.4 is 0 Å². The summed E-state index contributed by atoms with van der Waals surface area (Å²) in [5, 5.41) is 0. The molecule has 2 heterocycles. The van der Waals surface area contributed by atoms with Crippen molar-refractivity contribution < 1.29 is 13.2 Å². The molecule has 0 aliphatic carbocycles. The monoisotopic (exact) mass is 410 g/mol. The van der Waals surface area contributed by atoms with Crippen molar-refractivity contribution in [3.63, 3.8) is 0 Å². The van der Waals surface area contributed by atoms with E-state index >= 15 is 0 Å². The van der Waals surface area contributed by atoms with Gasteiger partial charge in [-0.3, -0.25) is 9.69 Å². The third-order valence-corrected chi connectivity index (χ3v) is 8.22. The van der Waals surface area contributed by atoms with Crippen LogP contribution in [0.1, 0.15) is 32.8 Å². The molecule has 0 N–H and O–H groups in total. The molecule has 0 saturated carbocycles. The maximum Gasteiger partial charge on any atom is 0.233 e. The molecule has 150 valence electrons. The largest absolute Gasteiger partial charge is 0.339 e. The standard InChI is InChI=1S/C20H30N2O3S2/c1-20(2,3)16-4-6-18(7-5-16)26-14-19(23)22-11-9-21(10-12-22)17-8-13-27(24,25)15-17/h4-7,17H,8-15H2,1-3H3/t17-/m1/s1. The number of benzene rings is 1. The van der Waals surface area contributed by atoms with E-state index in [1.165, 1.54) is 5.56 Å². The molecule has 7 heteroatoms. The zero-order chi connectivity index (χ0) is 19.7. The molecule has 1 aromatic rings. The number of thioether (sulfide) groups is 1. The minimum atomic E-state index is -2.85. The second-order valence-corrected chi connectivity index (χ2v) is 11.8. The summed E-state index contributed by atoms with van der Waals surface area (Å²) in [6, 6.07) is 8.61. The van der Waals surface area contributed by atoms with E-state index in [1.54, 1.807) is 11.8 Å². The first kappa shape index (κ1) is 20.7. The Morgan fingerprint density at radius 2 is 1.74 bits per heavy atom. The lowest BCUT2D eigenvalue weighted by Gasteiger charge is -2.37. The Labute approximate surface area is 167 Å². The van der Waals surface area contributed by atoms with Crippen LogP contribution in [0.4, 0.5) is 0 Å². The summed E-state index contributed by atoms with van der Waals surface area (Å²) in [6.07, 6.45) is 0.733. The van der Waals surface area contributed by atoms with E-state index in [0.717, 1.165) is 24.4 Å². The number of piperazine rings is 1. The average molecular weight is 411 g/mol. The molecule has 1 amide bonds. The molecule has 1 aromatic carbocycles. The van der Waals surface area contributed by atoms with Crippen molar-refractivity contribution in [2.24, 2.45) is 0 Å². The van der Waals surface area contributed by atoms with E-state index in [1.807, 2.05) is 4.90 Å². The number of hydrogen-bond acceptors (Lipinski definition) is 5. The molecule has 0 bridgehead atoms. The van der Waals surface area contributed by atoms with Gasteiger partial charge < -0.3 is 4.90 Å². The lowest BCUT2D eigenvalue weighted by molar-refractivity contribution is -0.130. The minimum absolute atomic E-state index is 0.136. The highest BCUT2D eigenvalue weighted by Gasteiger charge is 2.34. The lowest BCUT2D eigenvalue weighted by Crippen LogP contribution is -2.52. The smallest absolute Gasteiger partial charge is 0.233 e. The number of carbonyl (C=O) groups excluding carboxylic acids is 1. The fraction of sp³-hybridized carbons (Fsp3) is 0.650. The number of nitrogens with zero attached hydrogens (tertiary/aromatic N) is 2. The molecule has 3 rings (SSSR count). The molecule has 2 saturated heterocycles. The highest BCUT2D eigenvalue weighted by Crippen LogP contribution is 2.26. The van der Waals surface area contributed by atoms with Gasteiger partial charge in [0.1, 0.15) is 0 Å². The summed E-state index contributed by atoms with van der Waals surface area (Å²) in [6.45, 7) is 9.52. The van der Waals surface area contributed by atoms with Crippen LogP contribution in [0.2, 0.25) is 0 Å². The molecule has 2 aliphatic heterocycles. The maximum absolute atomic E-state index is 12.5. The van der Waals surface area contributed by atoms with E-state index in [9.17, 15) is 13.2 Å². The molecule has 0 radical (unpaired) electrons. The van der Waals surface area contributed by atoms with Gasteiger partial charge in [0.05, 0.1) is 17.3 Å². The van der Waals surface area contributed by atoms with Gasteiger partial charge in [0, 0.05) is 37.1 Å². The Kier molecular flexibility index (Phi) is 6.23. The maximum atomic E-state index is 12.5. The quantitative estimate of drug-likeness (QED) is 0.714. The van der Waals surface area contributed by atoms with Gasteiger partial charge in [0.2, 0.25) is 5.91 Å². The molecule has 2 fully saturated rings. The zero-order valence-corrected chi connectivity index (χ0v) is 18.1. The highest BCUT2D eigenvalue weighted by molar-refractivity contribution is 8.00. The molecule has 0 spiro atoms. The molecule has 27 heavy (non-hydrogen) atoms. The Morgan fingerprint density at radius 3 is 2.26 bits per heavy atom. The second-order valence-electron chi connectivity index (χ2n) is 8.54. The zero-order valence-electron chi connectivity index (χ0n) is 16.5. The van der Waals surface area contributed by atoms with Crippen molar-refractivity contribution in [2.45, 2.75) is 43.5 Å². The first-order valence-corrected chi connectivity index (χ1v) is 12.4. The van der Waals surface area contributed by atoms with Gasteiger partial charge in [-0.05, 0) is 29.5 Å². The Morgan fingerprint density at radius 1 is 1.11 bits per heavy atom. The van der Waals surface area contributed by atoms with Crippen LogP contribution >= 0.6 is 11.8 Å². The summed E-state index contributed by atoms with van der Waals surface area (Å²) >= 11 is 1.58. The number of carbonyl (C=O) groups is 1.